The Morgan fingerprint density at radius 1 is 0.826 bits per heavy atom. The molecule has 0 radical (unpaired) electrons. The van der Waals surface area contributed by atoms with Crippen molar-refractivity contribution in [2.24, 2.45) is 0 Å². The molecule has 23 heavy (non-hydrogen) atoms. The fourth-order valence-electron chi connectivity index (χ4n) is 2.32. The summed E-state index contributed by atoms with van der Waals surface area (Å²) < 4.78 is 25.4. The van der Waals surface area contributed by atoms with E-state index in [1.54, 1.807) is 36.4 Å². The Balaban J connectivity index is 2.29. The van der Waals surface area contributed by atoms with Crippen LogP contribution < -0.4 is 5.32 Å². The van der Waals surface area contributed by atoms with Crippen molar-refractivity contribution in [2.75, 3.05) is 5.32 Å². The molecule has 4 heteroatoms. The Hall–Kier alpha value is -1.81. The Bertz CT molecular complexity index is 753. The van der Waals surface area contributed by atoms with Gasteiger partial charge in [-0.3, -0.25) is 0 Å². The van der Waals surface area contributed by atoms with Crippen molar-refractivity contribution >= 4 is 15.5 Å². The van der Waals surface area contributed by atoms with Gasteiger partial charge in [-0.05, 0) is 68.7 Å². The molecule has 3 nitrogen and oxygen atoms in total. The summed E-state index contributed by atoms with van der Waals surface area (Å²) >= 11 is 0. The van der Waals surface area contributed by atoms with Crippen molar-refractivity contribution < 1.29 is 8.42 Å². The molecule has 0 saturated heterocycles. The van der Waals surface area contributed by atoms with Gasteiger partial charge in [-0.2, -0.15) is 0 Å². The summed E-state index contributed by atoms with van der Waals surface area (Å²) in [6.45, 7) is 10.4. The lowest BCUT2D eigenvalue weighted by Crippen LogP contribution is -2.25. The first-order valence-electron chi connectivity index (χ1n) is 7.83. The average molecular weight is 331 g/mol. The van der Waals surface area contributed by atoms with E-state index in [0.717, 1.165) is 11.3 Å². The highest BCUT2D eigenvalue weighted by Gasteiger charge is 2.18. The number of nitrogens with one attached hydrogen (secondary N) is 1. The largest absolute Gasteiger partial charge is 0.380 e. The summed E-state index contributed by atoms with van der Waals surface area (Å²) in [5, 5.41) is 3.32. The molecule has 0 bridgehead atoms. The molecule has 0 unspecified atom stereocenters. The van der Waals surface area contributed by atoms with Gasteiger partial charge in [0.25, 0.3) is 0 Å². The Morgan fingerprint density at radius 3 is 1.65 bits per heavy atom. The maximum Gasteiger partial charge on any atom is 0.206 e. The monoisotopic (exact) mass is 331 g/mol. The topological polar surface area (TPSA) is 46.2 Å². The van der Waals surface area contributed by atoms with Crippen LogP contribution >= 0.6 is 0 Å². The molecule has 0 aromatic heterocycles. The van der Waals surface area contributed by atoms with Gasteiger partial charge in [0.2, 0.25) is 9.84 Å². The Morgan fingerprint density at radius 2 is 1.26 bits per heavy atom. The number of hydrogen-bond acceptors (Lipinski definition) is 3. The lowest BCUT2D eigenvalue weighted by molar-refractivity contribution is 0.596. The molecule has 0 aliphatic heterocycles. The molecular formula is C19H25NO2S. The molecule has 0 atom stereocenters. The molecule has 2 aromatic carbocycles. The third kappa shape index (κ3) is 4.35. The first-order chi connectivity index (χ1) is 10.6. The van der Waals surface area contributed by atoms with Crippen LogP contribution in [-0.4, -0.2) is 14.0 Å². The lowest BCUT2D eigenvalue weighted by atomic mass is 10.0. The van der Waals surface area contributed by atoms with Crippen LogP contribution in [0.25, 0.3) is 0 Å². The lowest BCUT2D eigenvalue weighted by Gasteiger charge is -2.22. The molecule has 0 heterocycles. The fraction of sp³-hybridized carbons (Fsp3) is 0.368. The van der Waals surface area contributed by atoms with Crippen LogP contribution in [0.1, 0.15) is 46.1 Å². The normalized spacial score (nSPS) is 12.4. The van der Waals surface area contributed by atoms with Crippen LogP contribution in [0.2, 0.25) is 0 Å². The van der Waals surface area contributed by atoms with Gasteiger partial charge in [0.15, 0.2) is 0 Å². The summed E-state index contributed by atoms with van der Waals surface area (Å²) in [5.74, 6) is 0.384. The molecular weight excluding hydrogens is 306 g/mol. The van der Waals surface area contributed by atoms with E-state index >= 15 is 0 Å². The molecule has 0 saturated carbocycles. The summed E-state index contributed by atoms with van der Waals surface area (Å²) in [6, 6.07) is 14.1. The van der Waals surface area contributed by atoms with Gasteiger partial charge < -0.3 is 5.32 Å². The first kappa shape index (κ1) is 17.5. The highest BCUT2D eigenvalue weighted by atomic mass is 32.2. The second kappa shape index (κ2) is 6.36. The number of hydrogen-bond donors (Lipinski definition) is 1. The predicted molar refractivity (Wildman–Crippen MR) is 95.8 cm³/mol. The standard InChI is InChI=1S/C19H25NO2S/c1-14(2)15-6-10-17(11-7-15)23(21,22)18-12-8-16(9-13-18)20-19(3,4)5/h6-14,20H,1-5H3. The van der Waals surface area contributed by atoms with Gasteiger partial charge in [-0.15, -0.1) is 0 Å². The summed E-state index contributed by atoms with van der Waals surface area (Å²) in [4.78, 5) is 0.646. The third-order valence-electron chi connectivity index (χ3n) is 3.54. The van der Waals surface area contributed by atoms with Gasteiger partial charge in [0.1, 0.15) is 0 Å². The van der Waals surface area contributed by atoms with Crippen LogP contribution in [0, 0.1) is 0 Å². The average Bonchev–Trinajstić information content (AvgIpc) is 2.46. The molecule has 124 valence electrons. The van der Waals surface area contributed by atoms with Crippen LogP contribution in [-0.2, 0) is 9.84 Å². The minimum Gasteiger partial charge on any atom is -0.380 e. The van der Waals surface area contributed by atoms with Crippen LogP contribution in [0.4, 0.5) is 5.69 Å². The Kier molecular flexibility index (Phi) is 4.85. The molecule has 0 aliphatic rings. The maximum absolute atomic E-state index is 12.7. The smallest absolute Gasteiger partial charge is 0.206 e. The van der Waals surface area contributed by atoms with E-state index < -0.39 is 9.84 Å². The van der Waals surface area contributed by atoms with Crippen molar-refractivity contribution in [3.05, 3.63) is 54.1 Å². The SMILES string of the molecule is CC(C)c1ccc(S(=O)(=O)c2ccc(NC(C)(C)C)cc2)cc1. The van der Waals surface area contributed by atoms with Crippen LogP contribution in [0.15, 0.2) is 58.3 Å². The van der Waals surface area contributed by atoms with E-state index in [1.807, 2.05) is 12.1 Å². The van der Waals surface area contributed by atoms with Crippen LogP contribution in [0.3, 0.4) is 0 Å². The summed E-state index contributed by atoms with van der Waals surface area (Å²) in [7, 11) is -3.47. The van der Waals surface area contributed by atoms with Crippen molar-refractivity contribution in [1.82, 2.24) is 0 Å². The molecule has 0 aliphatic carbocycles. The van der Waals surface area contributed by atoms with E-state index in [2.05, 4.69) is 39.9 Å². The predicted octanol–water partition coefficient (Wildman–Crippen LogP) is 4.85. The molecule has 0 fully saturated rings. The quantitative estimate of drug-likeness (QED) is 0.871. The third-order valence-corrected chi connectivity index (χ3v) is 5.33. The van der Waals surface area contributed by atoms with E-state index in [1.165, 1.54) is 0 Å². The van der Waals surface area contributed by atoms with Gasteiger partial charge in [0.05, 0.1) is 9.79 Å². The zero-order valence-corrected chi connectivity index (χ0v) is 15.2. The highest BCUT2D eigenvalue weighted by molar-refractivity contribution is 7.91. The maximum atomic E-state index is 12.7. The fourth-order valence-corrected chi connectivity index (χ4v) is 3.58. The highest BCUT2D eigenvalue weighted by Crippen LogP contribution is 2.25. The second-order valence-electron chi connectivity index (χ2n) is 7.13. The van der Waals surface area contributed by atoms with Gasteiger partial charge in [-0.1, -0.05) is 26.0 Å². The summed E-state index contributed by atoms with van der Waals surface area (Å²) in [6.07, 6.45) is 0. The molecule has 0 amide bonds. The minimum absolute atomic E-state index is 0.0624. The van der Waals surface area contributed by atoms with E-state index in [0.29, 0.717) is 15.7 Å². The number of benzene rings is 2. The number of sulfone groups is 1. The zero-order valence-electron chi connectivity index (χ0n) is 14.4. The number of rotatable bonds is 4. The first-order valence-corrected chi connectivity index (χ1v) is 9.31. The van der Waals surface area contributed by atoms with Crippen molar-refractivity contribution in [3.8, 4) is 0 Å². The molecule has 0 spiro atoms. The zero-order chi connectivity index (χ0) is 17.3. The van der Waals surface area contributed by atoms with E-state index in [4.69, 9.17) is 0 Å². The Labute approximate surface area is 139 Å². The van der Waals surface area contributed by atoms with Crippen molar-refractivity contribution in [2.45, 2.75) is 55.9 Å². The molecule has 1 N–H and O–H groups in total. The van der Waals surface area contributed by atoms with Crippen molar-refractivity contribution in [1.29, 1.82) is 0 Å². The van der Waals surface area contributed by atoms with Gasteiger partial charge in [-0.25, -0.2) is 8.42 Å². The van der Waals surface area contributed by atoms with Crippen LogP contribution in [0.5, 0.6) is 0 Å². The molecule has 2 aromatic rings. The van der Waals surface area contributed by atoms with Crippen molar-refractivity contribution in [3.63, 3.8) is 0 Å². The van der Waals surface area contributed by atoms with E-state index in [-0.39, 0.29) is 5.54 Å². The summed E-state index contributed by atoms with van der Waals surface area (Å²) in [5.41, 5.74) is 1.98. The number of anilines is 1. The van der Waals surface area contributed by atoms with Gasteiger partial charge >= 0.3 is 0 Å². The second-order valence-corrected chi connectivity index (χ2v) is 9.08. The minimum atomic E-state index is -3.47. The van der Waals surface area contributed by atoms with E-state index in [9.17, 15) is 8.42 Å². The van der Waals surface area contributed by atoms with Gasteiger partial charge in [0, 0.05) is 11.2 Å². The molecule has 2 rings (SSSR count).